The summed E-state index contributed by atoms with van der Waals surface area (Å²) in [6.07, 6.45) is 1.12. The van der Waals surface area contributed by atoms with Crippen LogP contribution in [0.2, 0.25) is 0 Å². The monoisotopic (exact) mass is 333 g/mol. The topological polar surface area (TPSA) is 37.2 Å². The van der Waals surface area contributed by atoms with Gasteiger partial charge in [-0.25, -0.2) is 0 Å². The molecule has 1 aliphatic rings. The van der Waals surface area contributed by atoms with Crippen molar-refractivity contribution in [2.75, 3.05) is 26.2 Å². The van der Waals surface area contributed by atoms with Gasteiger partial charge in [0.2, 0.25) is 0 Å². The van der Waals surface area contributed by atoms with Gasteiger partial charge in [-0.05, 0) is 42.7 Å². The number of aromatic nitrogens is 3. The summed E-state index contributed by atoms with van der Waals surface area (Å²) in [4.78, 5) is 5.09. The van der Waals surface area contributed by atoms with Gasteiger partial charge in [0.15, 0.2) is 0 Å². The highest BCUT2D eigenvalue weighted by Gasteiger charge is 2.23. The van der Waals surface area contributed by atoms with Crippen LogP contribution in [-0.2, 0) is 13.1 Å². The molecule has 0 radical (unpaired) electrons. The maximum atomic E-state index is 4.38. The molecule has 6 heteroatoms. The lowest BCUT2D eigenvalue weighted by atomic mass is 10.1. The van der Waals surface area contributed by atoms with Gasteiger partial charge in [-0.3, -0.25) is 9.80 Å². The summed E-state index contributed by atoms with van der Waals surface area (Å²) in [6.45, 7) is 13.0. The van der Waals surface area contributed by atoms with E-state index in [0.29, 0.717) is 6.04 Å². The molecule has 1 unspecified atom stereocenters. The molecule has 1 atom stereocenters. The average molecular weight is 334 g/mol. The lowest BCUT2D eigenvalue weighted by Crippen LogP contribution is -2.46. The molecule has 2 aromatic heterocycles. The van der Waals surface area contributed by atoms with E-state index in [1.807, 2.05) is 6.92 Å². The number of piperazine rings is 1. The van der Waals surface area contributed by atoms with Crippen LogP contribution in [0.4, 0.5) is 0 Å². The van der Waals surface area contributed by atoms with Crippen molar-refractivity contribution in [3.63, 3.8) is 0 Å². The first-order chi connectivity index (χ1) is 11.2. The number of thiophene rings is 1. The Morgan fingerprint density at radius 2 is 2.00 bits per heavy atom. The lowest BCUT2D eigenvalue weighted by Gasteiger charge is -2.37. The molecule has 5 nitrogen and oxygen atoms in total. The van der Waals surface area contributed by atoms with E-state index in [1.165, 1.54) is 5.56 Å². The zero-order valence-electron chi connectivity index (χ0n) is 14.4. The zero-order chi connectivity index (χ0) is 16.2. The molecular weight excluding hydrogens is 306 g/mol. The molecule has 0 spiro atoms. The second-order valence-corrected chi connectivity index (χ2v) is 7.14. The normalized spacial score (nSPS) is 18.4. The van der Waals surface area contributed by atoms with Gasteiger partial charge in [-0.1, -0.05) is 6.92 Å². The molecule has 0 N–H and O–H groups in total. The molecular formula is C17H27N5S. The van der Waals surface area contributed by atoms with Crippen LogP contribution in [0.15, 0.2) is 16.8 Å². The summed E-state index contributed by atoms with van der Waals surface area (Å²) in [5.74, 6) is 2.15. The molecule has 2 aromatic rings. The number of nitrogens with zero attached hydrogens (tertiary/aromatic N) is 5. The van der Waals surface area contributed by atoms with Crippen molar-refractivity contribution < 1.29 is 0 Å². The Morgan fingerprint density at radius 3 is 2.65 bits per heavy atom. The number of hydrogen-bond acceptors (Lipinski definition) is 5. The Morgan fingerprint density at radius 1 is 1.22 bits per heavy atom. The van der Waals surface area contributed by atoms with Crippen LogP contribution in [0.25, 0.3) is 0 Å². The minimum atomic E-state index is 0.523. The van der Waals surface area contributed by atoms with E-state index in [-0.39, 0.29) is 0 Å². The summed E-state index contributed by atoms with van der Waals surface area (Å²) in [5.41, 5.74) is 1.45. The molecule has 0 amide bonds. The summed E-state index contributed by atoms with van der Waals surface area (Å²) in [7, 11) is 0. The quantitative estimate of drug-likeness (QED) is 0.814. The average Bonchev–Trinajstić information content (AvgIpc) is 3.21. The molecule has 1 saturated heterocycles. The van der Waals surface area contributed by atoms with E-state index >= 15 is 0 Å². The van der Waals surface area contributed by atoms with Crippen molar-refractivity contribution >= 4 is 11.3 Å². The van der Waals surface area contributed by atoms with Gasteiger partial charge in [0.25, 0.3) is 0 Å². The molecule has 0 saturated carbocycles. The van der Waals surface area contributed by atoms with Crippen molar-refractivity contribution in [2.24, 2.45) is 0 Å². The lowest BCUT2D eigenvalue weighted by molar-refractivity contribution is 0.0954. The van der Waals surface area contributed by atoms with E-state index < -0.39 is 0 Å². The molecule has 0 bridgehead atoms. The number of hydrogen-bond donors (Lipinski definition) is 0. The highest BCUT2D eigenvalue weighted by atomic mass is 32.1. The van der Waals surface area contributed by atoms with Gasteiger partial charge < -0.3 is 4.57 Å². The Kier molecular flexibility index (Phi) is 5.46. The summed E-state index contributed by atoms with van der Waals surface area (Å²) >= 11 is 1.79. The second-order valence-electron chi connectivity index (χ2n) is 6.36. The smallest absolute Gasteiger partial charge is 0.147 e. The fraction of sp³-hybridized carbons (Fsp3) is 0.647. The van der Waals surface area contributed by atoms with Gasteiger partial charge in [-0.15, -0.1) is 10.2 Å². The van der Waals surface area contributed by atoms with Gasteiger partial charge in [0, 0.05) is 38.8 Å². The van der Waals surface area contributed by atoms with Crippen LogP contribution in [0.3, 0.4) is 0 Å². The van der Waals surface area contributed by atoms with Gasteiger partial charge in [-0.2, -0.15) is 11.3 Å². The van der Waals surface area contributed by atoms with Crippen molar-refractivity contribution in [3.8, 4) is 0 Å². The van der Waals surface area contributed by atoms with E-state index in [4.69, 9.17) is 0 Å². The fourth-order valence-corrected chi connectivity index (χ4v) is 4.04. The summed E-state index contributed by atoms with van der Waals surface area (Å²) < 4.78 is 2.26. The van der Waals surface area contributed by atoms with Crippen molar-refractivity contribution in [1.29, 1.82) is 0 Å². The van der Waals surface area contributed by atoms with Crippen LogP contribution in [0, 0.1) is 6.92 Å². The zero-order valence-corrected chi connectivity index (χ0v) is 15.2. The predicted molar refractivity (Wildman–Crippen MR) is 94.6 cm³/mol. The van der Waals surface area contributed by atoms with Gasteiger partial charge in [0.05, 0.1) is 6.54 Å². The van der Waals surface area contributed by atoms with Crippen LogP contribution < -0.4 is 0 Å². The Balaban J connectivity index is 1.55. The highest BCUT2D eigenvalue weighted by molar-refractivity contribution is 7.07. The minimum Gasteiger partial charge on any atom is -0.314 e. The van der Waals surface area contributed by atoms with Crippen molar-refractivity contribution in [1.82, 2.24) is 24.6 Å². The first-order valence-corrected chi connectivity index (χ1v) is 9.50. The molecule has 0 aliphatic carbocycles. The molecule has 3 rings (SSSR count). The van der Waals surface area contributed by atoms with Crippen LogP contribution in [0.1, 0.15) is 43.5 Å². The first kappa shape index (κ1) is 16.6. The largest absolute Gasteiger partial charge is 0.314 e. The number of rotatable bonds is 6. The van der Waals surface area contributed by atoms with Gasteiger partial charge in [0.1, 0.15) is 11.6 Å². The van der Waals surface area contributed by atoms with Gasteiger partial charge >= 0.3 is 0 Å². The predicted octanol–water partition coefficient (Wildman–Crippen LogP) is 2.94. The van der Waals surface area contributed by atoms with E-state index in [0.717, 1.165) is 57.3 Å². The van der Waals surface area contributed by atoms with Crippen LogP contribution in [0.5, 0.6) is 0 Å². The van der Waals surface area contributed by atoms with E-state index in [2.05, 4.69) is 55.2 Å². The van der Waals surface area contributed by atoms with E-state index in [9.17, 15) is 0 Å². The molecule has 23 heavy (non-hydrogen) atoms. The first-order valence-electron chi connectivity index (χ1n) is 8.56. The summed E-state index contributed by atoms with van der Waals surface area (Å²) in [6, 6.07) is 2.77. The third kappa shape index (κ3) is 3.82. The van der Waals surface area contributed by atoms with Crippen molar-refractivity contribution in [2.45, 2.75) is 46.3 Å². The Hall–Kier alpha value is -1.24. The number of aryl methyl sites for hydroxylation is 1. The third-order valence-corrected chi connectivity index (χ3v) is 5.51. The maximum absolute atomic E-state index is 4.38. The van der Waals surface area contributed by atoms with E-state index in [1.54, 1.807) is 11.3 Å². The highest BCUT2D eigenvalue weighted by Crippen LogP contribution is 2.23. The molecule has 3 heterocycles. The SMILES string of the molecule is CCCn1c(C)nnc1CN1CCN(C(C)c2ccsc2)CC1. The Labute approximate surface area is 142 Å². The maximum Gasteiger partial charge on any atom is 0.147 e. The molecule has 1 fully saturated rings. The summed E-state index contributed by atoms with van der Waals surface area (Å²) in [5, 5.41) is 13.1. The Bertz CT molecular complexity index is 599. The second kappa shape index (κ2) is 7.55. The van der Waals surface area contributed by atoms with Crippen molar-refractivity contribution in [3.05, 3.63) is 34.0 Å². The third-order valence-electron chi connectivity index (χ3n) is 4.80. The minimum absolute atomic E-state index is 0.523. The molecule has 126 valence electrons. The standard InChI is InChI=1S/C17H27N5S/c1-4-6-22-15(3)18-19-17(22)12-20-7-9-21(10-8-20)14(2)16-5-11-23-13-16/h5,11,13-14H,4,6-10,12H2,1-3H3. The molecule has 0 aromatic carbocycles. The van der Waals surface area contributed by atoms with Crippen LogP contribution in [-0.4, -0.2) is 50.7 Å². The van der Waals surface area contributed by atoms with Crippen LogP contribution >= 0.6 is 11.3 Å². The fourth-order valence-electron chi connectivity index (χ4n) is 3.29. The molecule has 1 aliphatic heterocycles.